The van der Waals surface area contributed by atoms with E-state index in [2.05, 4.69) is 54.5 Å². The van der Waals surface area contributed by atoms with E-state index in [0.717, 1.165) is 32.1 Å². The Bertz CT molecular complexity index is 942. The highest BCUT2D eigenvalue weighted by Crippen LogP contribution is 2.70. The van der Waals surface area contributed by atoms with Gasteiger partial charge in [-0.2, -0.15) is 0 Å². The van der Waals surface area contributed by atoms with Crippen molar-refractivity contribution >= 4 is 11.8 Å². The Labute approximate surface area is 214 Å². The molecule has 0 aliphatic heterocycles. The minimum atomic E-state index is -0.178. The third-order valence-corrected chi connectivity index (χ3v) is 12.9. The number of hydrogen-bond donors (Lipinski definition) is 0. The van der Waals surface area contributed by atoms with E-state index < -0.39 is 0 Å². The number of allylic oxidation sites excluding steroid dienone is 2. The summed E-state index contributed by atoms with van der Waals surface area (Å²) in [5, 5.41) is 0. The summed E-state index contributed by atoms with van der Waals surface area (Å²) < 4.78 is 5.87. The first-order valence-electron chi connectivity index (χ1n) is 14.6. The van der Waals surface area contributed by atoms with E-state index in [9.17, 15) is 9.59 Å². The van der Waals surface area contributed by atoms with Gasteiger partial charge in [0.05, 0.1) is 0 Å². The molecule has 0 aromatic carbocycles. The molecular weight excluding hydrogens is 432 g/mol. The fourth-order valence-electron chi connectivity index (χ4n) is 11.1. The van der Waals surface area contributed by atoms with E-state index >= 15 is 0 Å². The summed E-state index contributed by atoms with van der Waals surface area (Å²) in [5.41, 5.74) is 2.44. The summed E-state index contributed by atoms with van der Waals surface area (Å²) in [6.07, 6.45) is 14.1. The number of ether oxygens (including phenoxy) is 1. The number of rotatable bonds is 1. The van der Waals surface area contributed by atoms with E-state index in [1.165, 1.54) is 32.1 Å². The lowest BCUT2D eigenvalue weighted by Gasteiger charge is -2.62. The van der Waals surface area contributed by atoms with Crippen molar-refractivity contribution in [2.45, 2.75) is 126 Å². The summed E-state index contributed by atoms with van der Waals surface area (Å²) in [7, 11) is 0. The van der Waals surface area contributed by atoms with Crippen molar-refractivity contribution in [3.05, 3.63) is 11.6 Å². The van der Waals surface area contributed by atoms with Crippen LogP contribution in [0.4, 0.5) is 0 Å². The Kier molecular flexibility index (Phi) is 5.79. The van der Waals surface area contributed by atoms with Gasteiger partial charge < -0.3 is 4.74 Å². The van der Waals surface area contributed by atoms with Gasteiger partial charge in [-0.1, -0.05) is 60.1 Å². The van der Waals surface area contributed by atoms with Gasteiger partial charge in [-0.25, -0.2) is 0 Å². The molecule has 35 heavy (non-hydrogen) atoms. The lowest BCUT2D eigenvalue weighted by Crippen LogP contribution is -2.57. The van der Waals surface area contributed by atoms with Gasteiger partial charge in [0, 0.05) is 24.2 Å². The number of esters is 1. The van der Waals surface area contributed by atoms with Gasteiger partial charge in [0.2, 0.25) is 0 Å². The average molecular weight is 483 g/mol. The van der Waals surface area contributed by atoms with Crippen LogP contribution in [-0.4, -0.2) is 17.9 Å². The Morgan fingerprint density at radius 3 is 2.26 bits per heavy atom. The molecule has 0 unspecified atom stereocenters. The van der Waals surface area contributed by atoms with Crippen molar-refractivity contribution in [1.29, 1.82) is 0 Å². The molecule has 0 aromatic rings. The van der Waals surface area contributed by atoms with Crippen molar-refractivity contribution in [3.63, 3.8) is 0 Å². The first kappa shape index (κ1) is 25.5. The predicted molar refractivity (Wildman–Crippen MR) is 141 cm³/mol. The highest BCUT2D eigenvalue weighted by Gasteiger charge is 2.63. The third kappa shape index (κ3) is 3.56. The topological polar surface area (TPSA) is 43.4 Å². The number of fused-ring (bicyclic) bond motifs is 6. The molecule has 8 atom stereocenters. The van der Waals surface area contributed by atoms with Gasteiger partial charge in [-0.05, 0) is 97.7 Å². The van der Waals surface area contributed by atoms with E-state index in [4.69, 9.17) is 4.74 Å². The Morgan fingerprint density at radius 1 is 0.857 bits per heavy atom. The molecule has 5 rings (SSSR count). The number of Topliss-reactive ketones (excluding diaryl/α,β-unsaturated/α-hetero) is 1. The number of ketones is 1. The molecule has 0 bridgehead atoms. The summed E-state index contributed by atoms with van der Waals surface area (Å²) in [4.78, 5) is 24.8. The van der Waals surface area contributed by atoms with Gasteiger partial charge in [-0.15, -0.1) is 0 Å². The second-order valence-electron chi connectivity index (χ2n) is 15.3. The van der Waals surface area contributed by atoms with Gasteiger partial charge in [-0.3, -0.25) is 9.59 Å². The van der Waals surface area contributed by atoms with Crippen LogP contribution in [0.2, 0.25) is 0 Å². The van der Waals surface area contributed by atoms with Crippen LogP contribution < -0.4 is 0 Å². The molecule has 0 saturated heterocycles. The zero-order chi connectivity index (χ0) is 25.6. The predicted octanol–water partition coefficient (Wildman–Crippen LogP) is 7.92. The minimum Gasteiger partial charge on any atom is -0.462 e. The fraction of sp³-hybridized carbons (Fsp3) is 0.875. The van der Waals surface area contributed by atoms with E-state index in [1.54, 1.807) is 12.5 Å². The highest BCUT2D eigenvalue weighted by molar-refractivity contribution is 5.85. The number of carbonyl (C=O) groups is 2. The Hall–Kier alpha value is -1.12. The Balaban J connectivity index is 1.47. The molecule has 0 radical (unpaired) electrons. The lowest BCUT2D eigenvalue weighted by atomic mass is 9.42. The van der Waals surface area contributed by atoms with Crippen molar-refractivity contribution in [2.75, 3.05) is 0 Å². The van der Waals surface area contributed by atoms with Crippen LogP contribution in [-0.2, 0) is 14.3 Å². The van der Waals surface area contributed by atoms with Crippen molar-refractivity contribution < 1.29 is 14.3 Å². The number of hydrogen-bond acceptors (Lipinski definition) is 3. The minimum absolute atomic E-state index is 0.00546. The molecule has 4 fully saturated rings. The summed E-state index contributed by atoms with van der Waals surface area (Å²) in [6.45, 7) is 18.5. The molecule has 3 nitrogen and oxygen atoms in total. The molecule has 0 heterocycles. The third-order valence-electron chi connectivity index (χ3n) is 12.9. The first-order valence-corrected chi connectivity index (χ1v) is 14.6. The largest absolute Gasteiger partial charge is 0.462 e. The first-order chi connectivity index (χ1) is 16.2. The van der Waals surface area contributed by atoms with Crippen LogP contribution in [0, 0.1) is 50.7 Å². The smallest absolute Gasteiger partial charge is 0.302 e. The normalized spacial score (nSPS) is 48.3. The average Bonchev–Trinajstić information content (AvgIpc) is 2.90. The van der Waals surface area contributed by atoms with E-state index in [-0.39, 0.29) is 33.7 Å². The molecule has 5 aliphatic carbocycles. The molecule has 0 amide bonds. The molecule has 196 valence electrons. The molecule has 4 saturated carbocycles. The number of carbonyl (C=O) groups excluding carboxylic acids is 2. The second-order valence-corrected chi connectivity index (χ2v) is 15.3. The quantitative estimate of drug-likeness (QED) is 0.282. The van der Waals surface area contributed by atoms with Crippen LogP contribution in [0.5, 0.6) is 0 Å². The molecule has 3 heteroatoms. The molecular formula is C32H50O3. The lowest BCUT2D eigenvalue weighted by molar-refractivity contribution is -0.172. The maximum Gasteiger partial charge on any atom is 0.302 e. The zero-order valence-corrected chi connectivity index (χ0v) is 23.8. The zero-order valence-electron chi connectivity index (χ0n) is 23.8. The summed E-state index contributed by atoms with van der Waals surface area (Å²) in [5.74, 6) is 2.76. The van der Waals surface area contributed by atoms with E-state index in [0.29, 0.717) is 34.9 Å². The molecule has 0 spiro atoms. The molecule has 0 N–H and O–H groups in total. The summed E-state index contributed by atoms with van der Waals surface area (Å²) >= 11 is 0. The standard InChI is InChI=1S/C32H50O3/c1-20(33)35-27-15-18-31(7)22-10-12-25-30(6,19-21(22)9-11-23(31)29(27,4)5)16-13-24-28(2,3)26(34)14-17-32(24,25)8/h9,22-25,27H,10-19H2,1-8H3/t22-,23-,24-,25-,27+,30-,31+,32-/m0/s1. The molecule has 5 aliphatic rings. The van der Waals surface area contributed by atoms with Crippen molar-refractivity contribution in [2.24, 2.45) is 50.7 Å². The SMILES string of the molecule is CC(=O)O[C@@H]1CC[C@]2(C)[C@H]3CC[C@H]4[C@@](C)(CC[C@H]5C(C)(C)C(=O)CC[C@@]54C)CC3=CC[C@H]2C1(C)C. The van der Waals surface area contributed by atoms with Gasteiger partial charge in [0.1, 0.15) is 11.9 Å². The van der Waals surface area contributed by atoms with Crippen LogP contribution in [0.1, 0.15) is 120 Å². The highest BCUT2D eigenvalue weighted by atomic mass is 16.5. The maximum atomic E-state index is 12.9. The monoisotopic (exact) mass is 482 g/mol. The van der Waals surface area contributed by atoms with Gasteiger partial charge in [0.15, 0.2) is 0 Å². The van der Waals surface area contributed by atoms with Gasteiger partial charge >= 0.3 is 5.97 Å². The fourth-order valence-corrected chi connectivity index (χ4v) is 11.1. The summed E-state index contributed by atoms with van der Waals surface area (Å²) in [6, 6.07) is 0. The van der Waals surface area contributed by atoms with Crippen LogP contribution >= 0.6 is 0 Å². The van der Waals surface area contributed by atoms with Crippen LogP contribution in [0.3, 0.4) is 0 Å². The maximum absolute atomic E-state index is 12.9. The van der Waals surface area contributed by atoms with Crippen molar-refractivity contribution in [1.82, 2.24) is 0 Å². The van der Waals surface area contributed by atoms with Crippen LogP contribution in [0.25, 0.3) is 0 Å². The van der Waals surface area contributed by atoms with Crippen LogP contribution in [0.15, 0.2) is 11.6 Å². The van der Waals surface area contributed by atoms with Crippen molar-refractivity contribution in [3.8, 4) is 0 Å². The molecule has 0 aromatic heterocycles. The van der Waals surface area contributed by atoms with E-state index in [1.807, 2.05) is 0 Å². The van der Waals surface area contributed by atoms with Gasteiger partial charge in [0.25, 0.3) is 0 Å². The Morgan fingerprint density at radius 2 is 1.57 bits per heavy atom. The second kappa shape index (κ2) is 7.94.